The van der Waals surface area contributed by atoms with Crippen LogP contribution in [-0.2, 0) is 4.79 Å². The van der Waals surface area contributed by atoms with E-state index in [1.807, 2.05) is 0 Å². The molecule has 2 N–H and O–H groups in total. The average molecular weight is 255 g/mol. The largest absolute Gasteiger partial charge is 0.370 e. The zero-order valence-electron chi connectivity index (χ0n) is 9.47. The van der Waals surface area contributed by atoms with E-state index in [2.05, 4.69) is 14.9 Å². The molecule has 1 amide bonds. The number of hydrogen-bond donors (Lipinski definition) is 1. The van der Waals surface area contributed by atoms with Gasteiger partial charge in [-0.25, -0.2) is 4.98 Å². The van der Waals surface area contributed by atoms with Gasteiger partial charge < -0.3 is 10.6 Å². The van der Waals surface area contributed by atoms with E-state index in [0.29, 0.717) is 17.5 Å². The minimum atomic E-state index is -0.242. The van der Waals surface area contributed by atoms with Crippen LogP contribution in [0.2, 0.25) is 5.15 Å². The van der Waals surface area contributed by atoms with Crippen LogP contribution in [0.15, 0.2) is 12.4 Å². The molecule has 1 atom stereocenters. The summed E-state index contributed by atoms with van der Waals surface area (Å²) in [6.07, 6.45) is 5.71. The van der Waals surface area contributed by atoms with Crippen LogP contribution in [0.25, 0.3) is 0 Å². The third-order valence-corrected chi connectivity index (χ3v) is 3.11. The Bertz CT molecular complexity index is 412. The van der Waals surface area contributed by atoms with Crippen molar-refractivity contribution in [2.24, 2.45) is 11.7 Å². The summed E-state index contributed by atoms with van der Waals surface area (Å²) in [5.41, 5.74) is 5.23. The third kappa shape index (κ3) is 3.30. The number of nitrogens with zero attached hydrogens (tertiary/aromatic N) is 3. The number of piperidine rings is 1. The van der Waals surface area contributed by atoms with Crippen LogP contribution in [-0.4, -0.2) is 29.0 Å². The molecule has 0 spiro atoms. The number of nitrogens with two attached hydrogens (primary N) is 1. The first-order valence-electron chi connectivity index (χ1n) is 5.66. The summed E-state index contributed by atoms with van der Waals surface area (Å²) in [5, 5.41) is 0.388. The molecule has 1 aromatic heterocycles. The van der Waals surface area contributed by atoms with Gasteiger partial charge in [0, 0.05) is 19.5 Å². The van der Waals surface area contributed by atoms with E-state index in [0.717, 1.165) is 31.7 Å². The molecule has 0 aromatic carbocycles. The highest BCUT2D eigenvalue weighted by molar-refractivity contribution is 6.29. The summed E-state index contributed by atoms with van der Waals surface area (Å²) in [6, 6.07) is 0. The SMILES string of the molecule is NC(=O)CC1CCCN(c2cncc(Cl)n2)C1. The molecule has 0 radical (unpaired) electrons. The predicted molar refractivity (Wildman–Crippen MR) is 65.8 cm³/mol. The lowest BCUT2D eigenvalue weighted by molar-refractivity contribution is -0.118. The summed E-state index contributed by atoms with van der Waals surface area (Å²) in [4.78, 5) is 21.3. The number of primary amides is 1. The van der Waals surface area contributed by atoms with Gasteiger partial charge in [-0.3, -0.25) is 9.78 Å². The van der Waals surface area contributed by atoms with Crippen LogP contribution < -0.4 is 10.6 Å². The summed E-state index contributed by atoms with van der Waals surface area (Å²) in [6.45, 7) is 1.71. The first kappa shape index (κ1) is 12.1. The maximum atomic E-state index is 10.9. The minimum Gasteiger partial charge on any atom is -0.370 e. The second-order valence-electron chi connectivity index (χ2n) is 4.32. The summed E-state index contributed by atoms with van der Waals surface area (Å²) >= 11 is 5.81. The monoisotopic (exact) mass is 254 g/mol. The van der Waals surface area contributed by atoms with Crippen molar-refractivity contribution >= 4 is 23.3 Å². The number of halogens is 1. The molecule has 1 fully saturated rings. The van der Waals surface area contributed by atoms with Crippen molar-refractivity contribution in [1.82, 2.24) is 9.97 Å². The molecule has 1 saturated heterocycles. The van der Waals surface area contributed by atoms with Gasteiger partial charge in [-0.1, -0.05) is 11.6 Å². The number of hydrogen-bond acceptors (Lipinski definition) is 4. The van der Waals surface area contributed by atoms with E-state index < -0.39 is 0 Å². The van der Waals surface area contributed by atoms with Gasteiger partial charge >= 0.3 is 0 Å². The standard InChI is InChI=1S/C11H15ClN4O/c12-9-5-14-6-11(15-9)16-3-1-2-8(7-16)4-10(13)17/h5-6,8H,1-4,7H2,(H2,13,17). The molecule has 6 heteroatoms. The van der Waals surface area contributed by atoms with Gasteiger partial charge in [0.1, 0.15) is 11.0 Å². The molecule has 0 saturated carbocycles. The zero-order chi connectivity index (χ0) is 12.3. The maximum absolute atomic E-state index is 10.9. The Morgan fingerprint density at radius 2 is 2.41 bits per heavy atom. The second kappa shape index (κ2) is 5.31. The Balaban J connectivity index is 2.04. The van der Waals surface area contributed by atoms with Crippen LogP contribution in [0.1, 0.15) is 19.3 Å². The van der Waals surface area contributed by atoms with E-state index in [-0.39, 0.29) is 5.91 Å². The van der Waals surface area contributed by atoms with Crippen LogP contribution in [0.5, 0.6) is 0 Å². The Kier molecular flexibility index (Phi) is 3.78. The predicted octanol–water partition coefficient (Wildman–Crippen LogP) is 1.22. The van der Waals surface area contributed by atoms with Gasteiger partial charge in [0.15, 0.2) is 0 Å². The second-order valence-corrected chi connectivity index (χ2v) is 4.71. The van der Waals surface area contributed by atoms with Crippen molar-refractivity contribution < 1.29 is 4.79 Å². The molecule has 1 aliphatic rings. The van der Waals surface area contributed by atoms with Crippen molar-refractivity contribution in [2.45, 2.75) is 19.3 Å². The van der Waals surface area contributed by atoms with Crippen molar-refractivity contribution in [3.8, 4) is 0 Å². The average Bonchev–Trinajstić information content (AvgIpc) is 2.28. The van der Waals surface area contributed by atoms with Crippen LogP contribution in [0.3, 0.4) is 0 Å². The molecule has 1 aliphatic heterocycles. The number of rotatable bonds is 3. The third-order valence-electron chi connectivity index (χ3n) is 2.93. The highest BCUT2D eigenvalue weighted by Gasteiger charge is 2.22. The molecule has 2 rings (SSSR count). The van der Waals surface area contributed by atoms with E-state index in [4.69, 9.17) is 17.3 Å². The van der Waals surface area contributed by atoms with E-state index in [1.54, 1.807) is 6.20 Å². The fourth-order valence-electron chi connectivity index (χ4n) is 2.21. The molecule has 92 valence electrons. The summed E-state index contributed by atoms with van der Waals surface area (Å²) in [7, 11) is 0. The topological polar surface area (TPSA) is 72.1 Å². The van der Waals surface area contributed by atoms with Crippen molar-refractivity contribution in [1.29, 1.82) is 0 Å². The zero-order valence-corrected chi connectivity index (χ0v) is 10.2. The number of carbonyl (C=O) groups excluding carboxylic acids is 1. The molecule has 17 heavy (non-hydrogen) atoms. The van der Waals surface area contributed by atoms with Crippen LogP contribution in [0.4, 0.5) is 5.82 Å². The molecule has 5 nitrogen and oxygen atoms in total. The summed E-state index contributed by atoms with van der Waals surface area (Å²) in [5.74, 6) is 0.836. The van der Waals surface area contributed by atoms with Crippen LogP contribution >= 0.6 is 11.6 Å². The lowest BCUT2D eigenvalue weighted by atomic mass is 9.94. The molecule has 0 bridgehead atoms. The lowest BCUT2D eigenvalue weighted by Gasteiger charge is -2.32. The first-order chi connectivity index (χ1) is 8.15. The first-order valence-corrected chi connectivity index (χ1v) is 6.04. The Morgan fingerprint density at radius 1 is 1.59 bits per heavy atom. The van der Waals surface area contributed by atoms with E-state index in [1.165, 1.54) is 6.20 Å². The van der Waals surface area contributed by atoms with E-state index in [9.17, 15) is 4.79 Å². The normalized spacial score (nSPS) is 20.3. The Labute approximate surface area is 105 Å². The molecular formula is C11H15ClN4O. The van der Waals surface area contributed by atoms with Gasteiger partial charge in [-0.15, -0.1) is 0 Å². The number of carbonyl (C=O) groups is 1. The Morgan fingerprint density at radius 3 is 3.12 bits per heavy atom. The van der Waals surface area contributed by atoms with Gasteiger partial charge in [0.25, 0.3) is 0 Å². The highest BCUT2D eigenvalue weighted by Crippen LogP contribution is 2.23. The number of anilines is 1. The molecular weight excluding hydrogens is 240 g/mol. The minimum absolute atomic E-state index is 0.242. The van der Waals surface area contributed by atoms with Gasteiger partial charge in [0.2, 0.25) is 5.91 Å². The summed E-state index contributed by atoms with van der Waals surface area (Å²) < 4.78 is 0. The lowest BCUT2D eigenvalue weighted by Crippen LogP contribution is -2.37. The van der Waals surface area contributed by atoms with Crippen molar-refractivity contribution in [3.05, 3.63) is 17.5 Å². The van der Waals surface area contributed by atoms with Gasteiger partial charge in [-0.2, -0.15) is 0 Å². The number of aromatic nitrogens is 2. The maximum Gasteiger partial charge on any atom is 0.217 e. The van der Waals surface area contributed by atoms with E-state index >= 15 is 0 Å². The molecule has 0 aliphatic carbocycles. The fourth-order valence-corrected chi connectivity index (χ4v) is 2.35. The smallest absolute Gasteiger partial charge is 0.217 e. The van der Waals surface area contributed by atoms with Gasteiger partial charge in [0.05, 0.1) is 12.4 Å². The highest BCUT2D eigenvalue weighted by atomic mass is 35.5. The molecule has 1 aromatic rings. The molecule has 2 heterocycles. The van der Waals surface area contributed by atoms with Crippen LogP contribution in [0, 0.1) is 5.92 Å². The van der Waals surface area contributed by atoms with Crippen molar-refractivity contribution in [2.75, 3.05) is 18.0 Å². The quantitative estimate of drug-likeness (QED) is 0.880. The van der Waals surface area contributed by atoms with Crippen molar-refractivity contribution in [3.63, 3.8) is 0 Å². The molecule has 1 unspecified atom stereocenters. The number of amides is 1. The fraction of sp³-hybridized carbons (Fsp3) is 0.545. The van der Waals surface area contributed by atoms with Gasteiger partial charge in [-0.05, 0) is 18.8 Å². The Hall–Kier alpha value is -1.36.